The van der Waals surface area contributed by atoms with Gasteiger partial charge < -0.3 is 10.4 Å². The molecule has 0 aromatic heterocycles. The Bertz CT molecular complexity index is 741. The van der Waals surface area contributed by atoms with E-state index in [2.05, 4.69) is 5.32 Å². The second-order valence-corrected chi connectivity index (χ2v) is 5.86. The number of benzene rings is 2. The maximum atomic E-state index is 11.4. The van der Waals surface area contributed by atoms with E-state index in [-0.39, 0.29) is 24.0 Å². The van der Waals surface area contributed by atoms with Crippen LogP contribution in [0.3, 0.4) is 0 Å². The molecule has 1 atom stereocenters. The van der Waals surface area contributed by atoms with Crippen molar-refractivity contribution < 1.29 is 14.8 Å². The molecule has 0 spiro atoms. The number of aliphatic hydroxyl groups excluding tert-OH is 1. The van der Waals surface area contributed by atoms with Crippen molar-refractivity contribution in [3.8, 4) is 0 Å². The number of Topliss-reactive ketones (excluding diaryl/α,β-unsaturated/α-hetero) is 1. The zero-order valence-corrected chi connectivity index (χ0v) is 13.7. The zero-order chi connectivity index (χ0) is 17.7. The number of nitrogens with one attached hydrogen (secondary N) is 1. The molecule has 6 heteroatoms. The van der Waals surface area contributed by atoms with Crippen molar-refractivity contribution in [3.63, 3.8) is 0 Å². The van der Waals surface area contributed by atoms with E-state index in [1.165, 1.54) is 19.1 Å². The van der Waals surface area contributed by atoms with Crippen molar-refractivity contribution in [1.29, 1.82) is 0 Å². The van der Waals surface area contributed by atoms with Gasteiger partial charge in [-0.25, -0.2) is 0 Å². The average Bonchev–Trinajstić information content (AvgIpc) is 2.56. The second kappa shape index (κ2) is 7.70. The van der Waals surface area contributed by atoms with Gasteiger partial charge in [0.05, 0.1) is 4.92 Å². The molecule has 0 amide bonds. The summed E-state index contributed by atoms with van der Waals surface area (Å²) in [5, 5.41) is 23.3. The quantitative estimate of drug-likeness (QED) is 0.459. The first kappa shape index (κ1) is 17.6. The molecule has 2 N–H and O–H groups in total. The third-order valence-electron chi connectivity index (χ3n) is 3.73. The summed E-state index contributed by atoms with van der Waals surface area (Å²) in [6, 6.07) is 11.9. The molecule has 0 saturated carbocycles. The molecule has 0 aliphatic rings. The highest BCUT2D eigenvalue weighted by molar-refractivity contribution is 5.95. The Hall–Kier alpha value is -2.73. The lowest BCUT2D eigenvalue weighted by Gasteiger charge is -2.10. The lowest BCUT2D eigenvalue weighted by atomic mass is 10.0. The molecular formula is C18H20N2O4. The Kier molecular flexibility index (Phi) is 5.65. The summed E-state index contributed by atoms with van der Waals surface area (Å²) in [7, 11) is 0. The van der Waals surface area contributed by atoms with Gasteiger partial charge in [0.15, 0.2) is 5.78 Å². The maximum absolute atomic E-state index is 11.4. The first-order valence-corrected chi connectivity index (χ1v) is 7.67. The van der Waals surface area contributed by atoms with Crippen LogP contribution in [0.25, 0.3) is 0 Å². The Morgan fingerprint density at radius 2 is 1.92 bits per heavy atom. The van der Waals surface area contributed by atoms with Crippen molar-refractivity contribution >= 4 is 22.8 Å². The number of carbonyl (C=O) groups is 1. The molecule has 1 unspecified atom stereocenters. The number of anilines is 2. The van der Waals surface area contributed by atoms with E-state index in [1.54, 1.807) is 6.07 Å². The molecule has 126 valence electrons. The molecule has 0 fully saturated rings. The highest BCUT2D eigenvalue weighted by Crippen LogP contribution is 2.29. The van der Waals surface area contributed by atoms with Crippen molar-refractivity contribution in [3.05, 3.63) is 63.7 Å². The predicted molar refractivity (Wildman–Crippen MR) is 92.8 cm³/mol. The van der Waals surface area contributed by atoms with E-state index in [9.17, 15) is 14.9 Å². The van der Waals surface area contributed by atoms with E-state index in [1.807, 2.05) is 31.2 Å². The third kappa shape index (κ3) is 4.39. The predicted octanol–water partition coefficient (Wildman–Crippen LogP) is 3.71. The summed E-state index contributed by atoms with van der Waals surface area (Å²) in [5.41, 5.74) is 2.31. The highest BCUT2D eigenvalue weighted by Gasteiger charge is 2.16. The monoisotopic (exact) mass is 328 g/mol. The smallest absolute Gasteiger partial charge is 0.293 e. The van der Waals surface area contributed by atoms with Crippen molar-refractivity contribution in [1.82, 2.24) is 0 Å². The molecule has 6 nitrogen and oxygen atoms in total. The van der Waals surface area contributed by atoms with Crippen LogP contribution in [0.5, 0.6) is 0 Å². The lowest BCUT2D eigenvalue weighted by Crippen LogP contribution is -2.04. The topological polar surface area (TPSA) is 92.5 Å². The molecule has 0 aliphatic heterocycles. The number of aliphatic hydroxyl groups is 1. The van der Waals surface area contributed by atoms with Crippen LogP contribution in [-0.2, 0) is 6.42 Å². The Morgan fingerprint density at radius 1 is 1.25 bits per heavy atom. The summed E-state index contributed by atoms with van der Waals surface area (Å²) < 4.78 is 0. The van der Waals surface area contributed by atoms with Gasteiger partial charge in [0, 0.05) is 23.9 Å². The molecule has 0 heterocycles. The minimum atomic E-state index is -0.508. The summed E-state index contributed by atoms with van der Waals surface area (Å²) in [6.45, 7) is 3.47. The lowest BCUT2D eigenvalue weighted by molar-refractivity contribution is -0.383. The fraction of sp³-hybridized carbons (Fsp3) is 0.278. The summed E-state index contributed by atoms with van der Waals surface area (Å²) in [5.74, 6) is -0.0315. The standard InChI is InChI=1S/C18H20N2O4/c1-12(11-21)9-14-3-6-16(7-4-14)19-17-8-5-15(13(2)22)10-18(17)20(23)24/h3-8,10,12,19,21H,9,11H2,1-2H3. The number of hydrogen-bond donors (Lipinski definition) is 2. The summed E-state index contributed by atoms with van der Waals surface area (Å²) in [6.07, 6.45) is 0.768. The number of nitro groups is 1. The van der Waals surface area contributed by atoms with Gasteiger partial charge in [-0.1, -0.05) is 19.1 Å². The van der Waals surface area contributed by atoms with Gasteiger partial charge in [-0.15, -0.1) is 0 Å². The molecule has 2 aromatic carbocycles. The Labute approximate surface area is 140 Å². The largest absolute Gasteiger partial charge is 0.396 e. The SMILES string of the molecule is CC(=O)c1ccc(Nc2ccc(CC(C)CO)cc2)c([N+](=O)[O-])c1. The molecular weight excluding hydrogens is 308 g/mol. The number of nitrogens with zero attached hydrogens (tertiary/aromatic N) is 1. The second-order valence-electron chi connectivity index (χ2n) is 5.86. The van der Waals surface area contributed by atoms with Crippen LogP contribution in [0.4, 0.5) is 17.1 Å². The molecule has 0 saturated heterocycles. The van der Waals surface area contributed by atoms with Crippen molar-refractivity contribution in [2.75, 3.05) is 11.9 Å². The van der Waals surface area contributed by atoms with Gasteiger partial charge in [0.25, 0.3) is 5.69 Å². The first-order chi connectivity index (χ1) is 11.4. The van der Waals surface area contributed by atoms with E-state index in [4.69, 9.17) is 5.11 Å². The number of rotatable bonds is 7. The van der Waals surface area contributed by atoms with E-state index in [0.29, 0.717) is 16.9 Å². The van der Waals surface area contributed by atoms with Crippen LogP contribution in [0.1, 0.15) is 29.8 Å². The van der Waals surface area contributed by atoms with Crippen LogP contribution < -0.4 is 5.32 Å². The first-order valence-electron chi connectivity index (χ1n) is 7.67. The normalized spacial score (nSPS) is 11.8. The maximum Gasteiger partial charge on any atom is 0.293 e. The van der Waals surface area contributed by atoms with Gasteiger partial charge in [-0.2, -0.15) is 0 Å². The van der Waals surface area contributed by atoms with E-state index < -0.39 is 4.92 Å². The van der Waals surface area contributed by atoms with Crippen molar-refractivity contribution in [2.24, 2.45) is 5.92 Å². The van der Waals surface area contributed by atoms with Crippen LogP contribution >= 0.6 is 0 Å². The number of hydrogen-bond acceptors (Lipinski definition) is 5. The molecule has 0 aliphatic carbocycles. The van der Waals surface area contributed by atoms with E-state index in [0.717, 1.165) is 12.0 Å². The van der Waals surface area contributed by atoms with Gasteiger partial charge in [-0.3, -0.25) is 14.9 Å². The fourth-order valence-corrected chi connectivity index (χ4v) is 2.35. The van der Waals surface area contributed by atoms with Crippen LogP contribution in [-0.4, -0.2) is 22.4 Å². The fourth-order valence-electron chi connectivity index (χ4n) is 2.35. The Balaban J connectivity index is 2.21. The molecule has 0 bridgehead atoms. The van der Waals surface area contributed by atoms with Gasteiger partial charge in [0.1, 0.15) is 5.69 Å². The minimum Gasteiger partial charge on any atom is -0.396 e. The average molecular weight is 328 g/mol. The van der Waals surface area contributed by atoms with Gasteiger partial charge in [-0.05, 0) is 49.1 Å². The summed E-state index contributed by atoms with van der Waals surface area (Å²) >= 11 is 0. The van der Waals surface area contributed by atoms with Gasteiger partial charge >= 0.3 is 0 Å². The number of carbonyl (C=O) groups excluding carboxylic acids is 1. The van der Waals surface area contributed by atoms with Crippen LogP contribution in [0.2, 0.25) is 0 Å². The summed E-state index contributed by atoms with van der Waals surface area (Å²) in [4.78, 5) is 22.1. The number of nitro benzene ring substituents is 1. The molecule has 2 rings (SSSR count). The zero-order valence-electron chi connectivity index (χ0n) is 13.7. The molecule has 2 aromatic rings. The Morgan fingerprint density at radius 3 is 2.46 bits per heavy atom. The van der Waals surface area contributed by atoms with E-state index >= 15 is 0 Å². The molecule has 24 heavy (non-hydrogen) atoms. The van der Waals surface area contributed by atoms with Crippen molar-refractivity contribution in [2.45, 2.75) is 20.3 Å². The third-order valence-corrected chi connectivity index (χ3v) is 3.73. The number of ketones is 1. The molecule has 0 radical (unpaired) electrons. The van der Waals surface area contributed by atoms with Gasteiger partial charge in [0.2, 0.25) is 0 Å². The van der Waals surface area contributed by atoms with Crippen LogP contribution in [0, 0.1) is 16.0 Å². The highest BCUT2D eigenvalue weighted by atomic mass is 16.6. The van der Waals surface area contributed by atoms with Crippen LogP contribution in [0.15, 0.2) is 42.5 Å². The minimum absolute atomic E-state index is 0.134.